The predicted octanol–water partition coefficient (Wildman–Crippen LogP) is 3.60. The van der Waals surface area contributed by atoms with E-state index >= 15 is 0 Å². The van der Waals surface area contributed by atoms with Crippen molar-refractivity contribution in [1.29, 1.82) is 0 Å². The van der Waals surface area contributed by atoms with E-state index in [1.807, 2.05) is 36.0 Å². The average molecular weight is 304 g/mol. The molecule has 0 aliphatic carbocycles. The van der Waals surface area contributed by atoms with E-state index in [0.29, 0.717) is 6.54 Å². The van der Waals surface area contributed by atoms with Crippen molar-refractivity contribution in [3.8, 4) is 0 Å². The van der Waals surface area contributed by atoms with Crippen LogP contribution in [0.25, 0.3) is 11.0 Å². The van der Waals surface area contributed by atoms with Gasteiger partial charge < -0.3 is 9.88 Å². The topological polar surface area (TPSA) is 29.9 Å². The monoisotopic (exact) mass is 303 g/mol. The molecule has 0 radical (unpaired) electrons. The summed E-state index contributed by atoms with van der Waals surface area (Å²) in [6.45, 7) is 1.25. The zero-order valence-electron chi connectivity index (χ0n) is 11.6. The summed E-state index contributed by atoms with van der Waals surface area (Å²) >= 11 is 6.04. The second-order valence-electron chi connectivity index (χ2n) is 4.90. The highest BCUT2D eigenvalue weighted by Crippen LogP contribution is 2.24. The third-order valence-electron chi connectivity index (χ3n) is 3.46. The fraction of sp³-hybridized carbons (Fsp3) is 0.188. The second-order valence-corrected chi connectivity index (χ2v) is 5.28. The Balaban J connectivity index is 2.06. The van der Waals surface area contributed by atoms with Crippen molar-refractivity contribution in [2.75, 3.05) is 7.05 Å². The molecule has 1 N–H and O–H groups in total. The number of nitrogens with zero attached hydrogens (tertiary/aromatic N) is 2. The molecule has 2 aromatic heterocycles. The summed E-state index contributed by atoms with van der Waals surface area (Å²) in [5, 5.41) is 4.42. The van der Waals surface area contributed by atoms with Crippen LogP contribution in [0.5, 0.6) is 0 Å². The molecular formula is C16H15ClFN3. The number of hydrogen-bond acceptors (Lipinski definition) is 2. The molecule has 0 fully saturated rings. The lowest BCUT2D eigenvalue weighted by molar-refractivity contribution is 0.624. The molecule has 3 rings (SSSR count). The lowest BCUT2D eigenvalue weighted by atomic mass is 10.2. The van der Waals surface area contributed by atoms with Crippen LogP contribution in [0.3, 0.4) is 0 Å². The Hall–Kier alpha value is -1.91. The van der Waals surface area contributed by atoms with Gasteiger partial charge in [0, 0.05) is 24.3 Å². The van der Waals surface area contributed by atoms with Gasteiger partial charge in [0.05, 0.1) is 11.6 Å². The van der Waals surface area contributed by atoms with Crippen molar-refractivity contribution in [3.05, 3.63) is 64.7 Å². The highest BCUT2D eigenvalue weighted by molar-refractivity contribution is 6.31. The smallest absolute Gasteiger partial charge is 0.142 e. The minimum absolute atomic E-state index is 0.172. The number of fused-ring (bicyclic) bond motifs is 1. The van der Waals surface area contributed by atoms with E-state index < -0.39 is 5.82 Å². The first-order valence-corrected chi connectivity index (χ1v) is 7.08. The summed E-state index contributed by atoms with van der Waals surface area (Å²) in [6.07, 6.45) is 3.80. The molecule has 108 valence electrons. The van der Waals surface area contributed by atoms with Gasteiger partial charge in [0.2, 0.25) is 0 Å². The first kappa shape index (κ1) is 14.0. The molecule has 21 heavy (non-hydrogen) atoms. The molecule has 1 aromatic carbocycles. The Morgan fingerprint density at radius 1 is 1.24 bits per heavy atom. The van der Waals surface area contributed by atoms with Crippen LogP contribution in [0.2, 0.25) is 5.02 Å². The fourth-order valence-corrected chi connectivity index (χ4v) is 2.69. The maximum Gasteiger partial charge on any atom is 0.142 e. The van der Waals surface area contributed by atoms with Gasteiger partial charge in [0.1, 0.15) is 11.5 Å². The molecule has 0 saturated heterocycles. The highest BCUT2D eigenvalue weighted by Gasteiger charge is 2.11. The van der Waals surface area contributed by atoms with Crippen LogP contribution in [0.1, 0.15) is 11.1 Å². The number of benzene rings is 1. The van der Waals surface area contributed by atoms with Crippen molar-refractivity contribution in [1.82, 2.24) is 14.9 Å². The van der Waals surface area contributed by atoms with Crippen LogP contribution < -0.4 is 5.32 Å². The fourth-order valence-electron chi connectivity index (χ4n) is 2.50. The maximum absolute atomic E-state index is 13.6. The molecule has 0 amide bonds. The Kier molecular flexibility index (Phi) is 3.90. The summed E-state index contributed by atoms with van der Waals surface area (Å²) in [7, 11) is 1.91. The molecule has 0 bridgehead atoms. The largest absolute Gasteiger partial charge is 0.328 e. The van der Waals surface area contributed by atoms with Crippen LogP contribution in [0.15, 0.2) is 42.7 Å². The number of aromatic nitrogens is 2. The van der Waals surface area contributed by atoms with E-state index in [4.69, 9.17) is 11.6 Å². The summed E-state index contributed by atoms with van der Waals surface area (Å²) in [6, 6.07) is 8.83. The minimum atomic E-state index is -0.394. The maximum atomic E-state index is 13.6. The van der Waals surface area contributed by atoms with Crippen molar-refractivity contribution in [3.63, 3.8) is 0 Å². The van der Waals surface area contributed by atoms with Crippen molar-refractivity contribution >= 4 is 22.6 Å². The first-order valence-electron chi connectivity index (χ1n) is 6.71. The zero-order chi connectivity index (χ0) is 14.8. The normalized spacial score (nSPS) is 11.2. The predicted molar refractivity (Wildman–Crippen MR) is 83.0 cm³/mol. The number of nitrogens with one attached hydrogen (secondary N) is 1. The zero-order valence-corrected chi connectivity index (χ0v) is 12.4. The van der Waals surface area contributed by atoms with Gasteiger partial charge in [-0.05, 0) is 36.4 Å². The molecule has 0 aliphatic rings. The Morgan fingerprint density at radius 3 is 2.90 bits per heavy atom. The van der Waals surface area contributed by atoms with Crippen molar-refractivity contribution in [2.24, 2.45) is 0 Å². The molecule has 0 spiro atoms. The quantitative estimate of drug-likeness (QED) is 0.798. The van der Waals surface area contributed by atoms with Gasteiger partial charge in [-0.3, -0.25) is 0 Å². The second kappa shape index (κ2) is 5.84. The molecule has 0 unspecified atom stereocenters. The summed E-state index contributed by atoms with van der Waals surface area (Å²) in [5.74, 6) is -0.394. The third kappa shape index (κ3) is 2.64. The molecular weight excluding hydrogens is 289 g/mol. The Labute approximate surface area is 127 Å². The van der Waals surface area contributed by atoms with Crippen molar-refractivity contribution in [2.45, 2.75) is 13.1 Å². The first-order chi connectivity index (χ1) is 10.2. The van der Waals surface area contributed by atoms with Gasteiger partial charge in [0.15, 0.2) is 0 Å². The number of pyridine rings is 1. The number of hydrogen-bond donors (Lipinski definition) is 1. The SMILES string of the molecule is CNCc1cn(Cc2cccc(F)c2Cl)c2ncccc12. The summed E-state index contributed by atoms with van der Waals surface area (Å²) in [4.78, 5) is 4.43. The van der Waals surface area contributed by atoms with Gasteiger partial charge in [-0.25, -0.2) is 9.37 Å². The molecule has 3 aromatic rings. The van der Waals surface area contributed by atoms with E-state index in [2.05, 4.69) is 10.3 Å². The Morgan fingerprint density at radius 2 is 2.10 bits per heavy atom. The lowest BCUT2D eigenvalue weighted by Gasteiger charge is -2.07. The number of rotatable bonds is 4. The Bertz CT molecular complexity index is 782. The molecule has 2 heterocycles. The van der Waals surface area contributed by atoms with Gasteiger partial charge in [0.25, 0.3) is 0 Å². The minimum Gasteiger partial charge on any atom is -0.328 e. The molecule has 0 aliphatic heterocycles. The van der Waals surface area contributed by atoms with Gasteiger partial charge in [-0.1, -0.05) is 23.7 Å². The van der Waals surface area contributed by atoms with E-state index in [1.54, 1.807) is 12.3 Å². The summed E-state index contributed by atoms with van der Waals surface area (Å²) in [5.41, 5.74) is 2.78. The molecule has 0 saturated carbocycles. The van der Waals surface area contributed by atoms with Gasteiger partial charge in [-0.15, -0.1) is 0 Å². The summed E-state index contributed by atoms with van der Waals surface area (Å²) < 4.78 is 15.6. The van der Waals surface area contributed by atoms with Crippen LogP contribution in [-0.2, 0) is 13.1 Å². The molecule has 5 heteroatoms. The third-order valence-corrected chi connectivity index (χ3v) is 3.88. The van der Waals surface area contributed by atoms with Crippen LogP contribution in [0, 0.1) is 5.82 Å². The molecule has 0 atom stereocenters. The van der Waals surface area contributed by atoms with Gasteiger partial charge >= 0.3 is 0 Å². The average Bonchev–Trinajstić information content (AvgIpc) is 2.83. The van der Waals surface area contributed by atoms with Crippen LogP contribution in [-0.4, -0.2) is 16.6 Å². The highest BCUT2D eigenvalue weighted by atomic mass is 35.5. The number of halogens is 2. The van der Waals surface area contributed by atoms with Crippen LogP contribution >= 0.6 is 11.6 Å². The van der Waals surface area contributed by atoms with Gasteiger partial charge in [-0.2, -0.15) is 0 Å². The van der Waals surface area contributed by atoms with E-state index in [1.165, 1.54) is 6.07 Å². The van der Waals surface area contributed by atoms with E-state index in [-0.39, 0.29) is 5.02 Å². The van der Waals surface area contributed by atoms with Crippen LogP contribution in [0.4, 0.5) is 4.39 Å². The van der Waals surface area contributed by atoms with E-state index in [0.717, 1.165) is 28.7 Å². The molecule has 3 nitrogen and oxygen atoms in total. The lowest BCUT2D eigenvalue weighted by Crippen LogP contribution is -2.04. The van der Waals surface area contributed by atoms with E-state index in [9.17, 15) is 4.39 Å². The standard InChI is InChI=1S/C16H15ClFN3/c1-19-8-12-10-21(16-13(12)5-3-7-20-16)9-11-4-2-6-14(18)15(11)17/h2-7,10,19H,8-9H2,1H3. The van der Waals surface area contributed by atoms with Crippen molar-refractivity contribution < 1.29 is 4.39 Å².